The van der Waals surface area contributed by atoms with E-state index in [0.717, 1.165) is 18.4 Å². The summed E-state index contributed by atoms with van der Waals surface area (Å²) in [6, 6.07) is 9.67. The van der Waals surface area contributed by atoms with Crippen molar-refractivity contribution in [3.63, 3.8) is 0 Å². The third kappa shape index (κ3) is 3.83. The third-order valence-corrected chi connectivity index (χ3v) is 4.93. The van der Waals surface area contributed by atoms with Crippen LogP contribution in [0.2, 0.25) is 0 Å². The van der Waals surface area contributed by atoms with E-state index in [1.165, 1.54) is 30.4 Å². The molecule has 2 heteroatoms. The standard InChI is InChI=1S/C18H30N2/c1-13(2)16-8-9-17(19)18(11-16)20(4)12-15-7-5-6-14(3)10-15/h5-7,10,13,16-18H,8-9,11-12,19H2,1-4H3. The molecule has 0 aromatic heterocycles. The van der Waals surface area contributed by atoms with E-state index in [0.29, 0.717) is 12.1 Å². The molecule has 1 fully saturated rings. The Bertz CT molecular complexity index is 427. The second-order valence-electron chi connectivity index (χ2n) is 6.95. The van der Waals surface area contributed by atoms with Gasteiger partial charge in [-0.15, -0.1) is 0 Å². The summed E-state index contributed by atoms with van der Waals surface area (Å²) < 4.78 is 0. The molecule has 1 aromatic carbocycles. The van der Waals surface area contributed by atoms with E-state index in [-0.39, 0.29) is 0 Å². The van der Waals surface area contributed by atoms with Gasteiger partial charge in [-0.25, -0.2) is 0 Å². The van der Waals surface area contributed by atoms with Crippen LogP contribution in [0.15, 0.2) is 24.3 Å². The summed E-state index contributed by atoms with van der Waals surface area (Å²) in [5.74, 6) is 1.61. The minimum Gasteiger partial charge on any atom is -0.326 e. The summed E-state index contributed by atoms with van der Waals surface area (Å²) in [5, 5.41) is 0. The number of aryl methyl sites for hydroxylation is 1. The van der Waals surface area contributed by atoms with E-state index in [4.69, 9.17) is 5.73 Å². The molecule has 1 saturated carbocycles. The number of hydrogen-bond acceptors (Lipinski definition) is 2. The number of nitrogens with two attached hydrogens (primary N) is 1. The van der Waals surface area contributed by atoms with Crippen LogP contribution in [0.25, 0.3) is 0 Å². The van der Waals surface area contributed by atoms with Gasteiger partial charge in [-0.2, -0.15) is 0 Å². The molecular formula is C18H30N2. The number of benzene rings is 1. The van der Waals surface area contributed by atoms with Crippen LogP contribution in [0, 0.1) is 18.8 Å². The Hall–Kier alpha value is -0.860. The van der Waals surface area contributed by atoms with Gasteiger partial charge >= 0.3 is 0 Å². The lowest BCUT2D eigenvalue weighted by Gasteiger charge is -2.41. The van der Waals surface area contributed by atoms with Crippen LogP contribution in [0.4, 0.5) is 0 Å². The van der Waals surface area contributed by atoms with Gasteiger partial charge in [-0.3, -0.25) is 4.90 Å². The molecule has 0 amide bonds. The Morgan fingerprint density at radius 1 is 1.30 bits per heavy atom. The number of hydrogen-bond donors (Lipinski definition) is 1. The SMILES string of the molecule is Cc1cccc(CN(C)C2CC(C(C)C)CCC2N)c1. The highest BCUT2D eigenvalue weighted by Gasteiger charge is 2.31. The Kier molecular flexibility index (Phi) is 5.22. The van der Waals surface area contributed by atoms with Crippen molar-refractivity contribution >= 4 is 0 Å². The average molecular weight is 274 g/mol. The highest BCUT2D eigenvalue weighted by atomic mass is 15.1. The number of rotatable bonds is 4. The van der Waals surface area contributed by atoms with Crippen molar-refractivity contribution in [3.8, 4) is 0 Å². The van der Waals surface area contributed by atoms with Gasteiger partial charge in [-0.05, 0) is 50.6 Å². The lowest BCUT2D eigenvalue weighted by molar-refractivity contribution is 0.113. The summed E-state index contributed by atoms with van der Waals surface area (Å²) in [6.45, 7) is 7.85. The molecule has 2 N–H and O–H groups in total. The average Bonchev–Trinajstić information content (AvgIpc) is 2.38. The predicted molar refractivity (Wildman–Crippen MR) is 86.6 cm³/mol. The zero-order valence-corrected chi connectivity index (χ0v) is 13.5. The first-order chi connectivity index (χ1) is 9.47. The second kappa shape index (κ2) is 6.73. The fourth-order valence-corrected chi connectivity index (χ4v) is 3.53. The van der Waals surface area contributed by atoms with Gasteiger partial charge in [-0.1, -0.05) is 43.7 Å². The van der Waals surface area contributed by atoms with Crippen molar-refractivity contribution in [3.05, 3.63) is 35.4 Å². The number of nitrogens with zero attached hydrogens (tertiary/aromatic N) is 1. The van der Waals surface area contributed by atoms with E-state index in [1.807, 2.05) is 0 Å². The van der Waals surface area contributed by atoms with E-state index < -0.39 is 0 Å². The highest BCUT2D eigenvalue weighted by molar-refractivity contribution is 5.22. The first-order valence-electron chi connectivity index (χ1n) is 7.98. The molecule has 2 rings (SSSR count). The van der Waals surface area contributed by atoms with Crippen molar-refractivity contribution in [2.75, 3.05) is 7.05 Å². The fourth-order valence-electron chi connectivity index (χ4n) is 3.53. The van der Waals surface area contributed by atoms with Crippen molar-refractivity contribution in [2.45, 2.75) is 58.7 Å². The molecule has 3 unspecified atom stereocenters. The predicted octanol–water partition coefficient (Wildman–Crippen LogP) is 3.58. The third-order valence-electron chi connectivity index (χ3n) is 4.93. The van der Waals surface area contributed by atoms with Crippen molar-refractivity contribution in [1.82, 2.24) is 4.90 Å². The van der Waals surface area contributed by atoms with E-state index >= 15 is 0 Å². The Morgan fingerprint density at radius 3 is 2.70 bits per heavy atom. The summed E-state index contributed by atoms with van der Waals surface area (Å²) in [5.41, 5.74) is 9.12. The lowest BCUT2D eigenvalue weighted by atomic mass is 9.76. The largest absolute Gasteiger partial charge is 0.326 e. The normalized spacial score (nSPS) is 27.2. The van der Waals surface area contributed by atoms with Crippen LogP contribution in [-0.2, 0) is 6.54 Å². The molecule has 0 saturated heterocycles. The van der Waals surface area contributed by atoms with Gasteiger partial charge in [0.2, 0.25) is 0 Å². The van der Waals surface area contributed by atoms with Crippen LogP contribution in [0.5, 0.6) is 0 Å². The van der Waals surface area contributed by atoms with Gasteiger partial charge in [0.15, 0.2) is 0 Å². The zero-order valence-electron chi connectivity index (χ0n) is 13.5. The molecule has 1 aliphatic carbocycles. The van der Waals surface area contributed by atoms with Crippen LogP contribution < -0.4 is 5.73 Å². The summed E-state index contributed by atoms with van der Waals surface area (Å²) in [4.78, 5) is 2.47. The van der Waals surface area contributed by atoms with E-state index in [9.17, 15) is 0 Å². The monoisotopic (exact) mass is 274 g/mol. The molecule has 0 spiro atoms. The quantitative estimate of drug-likeness (QED) is 0.909. The first kappa shape index (κ1) is 15.5. The maximum atomic E-state index is 6.38. The van der Waals surface area contributed by atoms with Crippen LogP contribution in [0.1, 0.15) is 44.2 Å². The van der Waals surface area contributed by atoms with Crippen molar-refractivity contribution in [1.29, 1.82) is 0 Å². The number of likely N-dealkylation sites (N-methyl/N-ethyl adjacent to an activating group) is 1. The van der Waals surface area contributed by atoms with E-state index in [2.05, 4.69) is 57.0 Å². The Labute approximate surface area is 124 Å². The fraction of sp³-hybridized carbons (Fsp3) is 0.667. The molecule has 0 aliphatic heterocycles. The highest BCUT2D eigenvalue weighted by Crippen LogP contribution is 2.32. The van der Waals surface area contributed by atoms with Gasteiger partial charge in [0.05, 0.1) is 0 Å². The molecule has 1 aromatic rings. The topological polar surface area (TPSA) is 29.3 Å². The smallest absolute Gasteiger partial charge is 0.0250 e. The summed E-state index contributed by atoms with van der Waals surface area (Å²) >= 11 is 0. The molecule has 112 valence electrons. The molecule has 20 heavy (non-hydrogen) atoms. The van der Waals surface area contributed by atoms with Gasteiger partial charge in [0, 0.05) is 18.6 Å². The second-order valence-corrected chi connectivity index (χ2v) is 6.95. The van der Waals surface area contributed by atoms with Gasteiger partial charge < -0.3 is 5.73 Å². The molecule has 0 radical (unpaired) electrons. The van der Waals surface area contributed by atoms with Crippen LogP contribution in [-0.4, -0.2) is 24.0 Å². The maximum absolute atomic E-state index is 6.38. The van der Waals surface area contributed by atoms with Crippen molar-refractivity contribution < 1.29 is 0 Å². The summed E-state index contributed by atoms with van der Waals surface area (Å²) in [6.07, 6.45) is 3.72. The molecule has 3 atom stereocenters. The molecule has 2 nitrogen and oxygen atoms in total. The lowest BCUT2D eigenvalue weighted by Crippen LogP contribution is -2.50. The molecule has 1 aliphatic rings. The molecular weight excluding hydrogens is 244 g/mol. The van der Waals surface area contributed by atoms with E-state index in [1.54, 1.807) is 0 Å². The van der Waals surface area contributed by atoms with Crippen molar-refractivity contribution in [2.24, 2.45) is 17.6 Å². The van der Waals surface area contributed by atoms with Gasteiger partial charge in [0.1, 0.15) is 0 Å². The molecule has 0 bridgehead atoms. The minimum atomic E-state index is 0.333. The molecule has 0 heterocycles. The first-order valence-corrected chi connectivity index (χ1v) is 7.98. The van der Waals surface area contributed by atoms with Crippen LogP contribution >= 0.6 is 0 Å². The minimum absolute atomic E-state index is 0.333. The zero-order chi connectivity index (χ0) is 14.7. The maximum Gasteiger partial charge on any atom is 0.0250 e. The Balaban J connectivity index is 2.01. The Morgan fingerprint density at radius 2 is 2.05 bits per heavy atom. The van der Waals surface area contributed by atoms with Gasteiger partial charge in [0.25, 0.3) is 0 Å². The summed E-state index contributed by atoms with van der Waals surface area (Å²) in [7, 11) is 2.23. The van der Waals surface area contributed by atoms with Crippen LogP contribution in [0.3, 0.4) is 0 Å².